The third kappa shape index (κ3) is 3.50. The Labute approximate surface area is 132 Å². The molecule has 1 aromatic rings. The molecule has 0 aliphatic carbocycles. The van der Waals surface area contributed by atoms with E-state index in [-0.39, 0.29) is 11.7 Å². The van der Waals surface area contributed by atoms with Crippen molar-refractivity contribution in [2.24, 2.45) is 0 Å². The molecule has 2 aliphatic rings. The number of rotatable bonds is 6. The van der Waals surface area contributed by atoms with Crippen molar-refractivity contribution in [1.82, 2.24) is 9.80 Å². The van der Waals surface area contributed by atoms with Gasteiger partial charge < -0.3 is 14.6 Å². The second-order valence-electron chi connectivity index (χ2n) is 6.30. The fraction of sp³-hybridized carbons (Fsp3) is 0.647. The van der Waals surface area contributed by atoms with Gasteiger partial charge in [0.05, 0.1) is 19.3 Å². The van der Waals surface area contributed by atoms with Gasteiger partial charge >= 0.3 is 0 Å². The molecule has 0 aromatic heterocycles. The molecule has 1 N–H and O–H groups in total. The number of benzene rings is 1. The number of hydrogen-bond acceptors (Lipinski definition) is 5. The summed E-state index contributed by atoms with van der Waals surface area (Å²) in [5.41, 5.74) is 1.01. The van der Waals surface area contributed by atoms with E-state index in [1.165, 1.54) is 5.56 Å². The van der Waals surface area contributed by atoms with Crippen molar-refractivity contribution in [3.63, 3.8) is 0 Å². The number of ether oxygens (including phenoxy) is 2. The molecule has 0 amide bonds. The summed E-state index contributed by atoms with van der Waals surface area (Å²) in [6.07, 6.45) is -0.316. The molecule has 0 spiro atoms. The maximum atomic E-state index is 10.3. The van der Waals surface area contributed by atoms with Crippen molar-refractivity contribution in [1.29, 1.82) is 0 Å². The Balaban J connectivity index is 1.47. The van der Waals surface area contributed by atoms with E-state index in [1.54, 1.807) is 7.11 Å². The number of likely N-dealkylation sites (tertiary alicyclic amines) is 1. The normalized spacial score (nSPS) is 23.9. The monoisotopic (exact) mass is 306 g/mol. The van der Waals surface area contributed by atoms with Gasteiger partial charge in [-0.15, -0.1) is 0 Å². The summed E-state index contributed by atoms with van der Waals surface area (Å²) in [4.78, 5) is 4.54. The minimum Gasteiger partial charge on any atom is -0.390 e. The standard InChI is InChI=1S/C17H26N2O3/c1-21-17(15-5-3-2-4-6-15)13-19(14-17)12-16(20)11-18-7-9-22-10-8-18/h2-6,16,20H,7-14H2,1H3. The van der Waals surface area contributed by atoms with E-state index in [4.69, 9.17) is 9.47 Å². The second-order valence-corrected chi connectivity index (χ2v) is 6.30. The average molecular weight is 306 g/mol. The molecule has 2 saturated heterocycles. The van der Waals surface area contributed by atoms with E-state index in [0.717, 1.165) is 45.9 Å². The predicted molar refractivity (Wildman–Crippen MR) is 84.8 cm³/mol. The molecule has 1 atom stereocenters. The molecular formula is C17H26N2O3. The third-order valence-electron chi connectivity index (χ3n) is 4.69. The first-order valence-electron chi connectivity index (χ1n) is 8.03. The van der Waals surface area contributed by atoms with Crippen LogP contribution in [0.3, 0.4) is 0 Å². The van der Waals surface area contributed by atoms with Crippen molar-refractivity contribution in [2.75, 3.05) is 59.6 Å². The maximum absolute atomic E-state index is 10.3. The molecule has 0 bridgehead atoms. The highest BCUT2D eigenvalue weighted by Crippen LogP contribution is 2.35. The van der Waals surface area contributed by atoms with Crippen LogP contribution in [0, 0.1) is 0 Å². The number of β-amino-alcohol motifs (C(OH)–C–C–N with tert-alkyl or cyclic N) is 1. The van der Waals surface area contributed by atoms with Gasteiger partial charge in [-0.25, -0.2) is 0 Å². The van der Waals surface area contributed by atoms with Crippen LogP contribution < -0.4 is 0 Å². The van der Waals surface area contributed by atoms with E-state index in [9.17, 15) is 5.11 Å². The number of aliphatic hydroxyl groups is 1. The van der Waals surface area contributed by atoms with Gasteiger partial charge in [0.15, 0.2) is 0 Å². The van der Waals surface area contributed by atoms with Crippen molar-refractivity contribution in [3.8, 4) is 0 Å². The predicted octanol–water partition coefficient (Wildman–Crippen LogP) is 0.537. The summed E-state index contributed by atoms with van der Waals surface area (Å²) in [6, 6.07) is 10.4. The number of morpholine rings is 1. The van der Waals surface area contributed by atoms with Gasteiger partial charge in [0.1, 0.15) is 5.60 Å². The molecule has 2 aliphatic heterocycles. The van der Waals surface area contributed by atoms with Crippen molar-refractivity contribution >= 4 is 0 Å². The Bertz CT molecular complexity index is 456. The molecule has 1 unspecified atom stereocenters. The highest BCUT2D eigenvalue weighted by Gasteiger charge is 2.45. The lowest BCUT2D eigenvalue weighted by Crippen LogP contribution is -2.62. The largest absolute Gasteiger partial charge is 0.390 e. The van der Waals surface area contributed by atoms with E-state index in [1.807, 2.05) is 18.2 Å². The Kier molecular flexibility index (Phi) is 5.10. The van der Waals surface area contributed by atoms with E-state index in [0.29, 0.717) is 6.54 Å². The van der Waals surface area contributed by atoms with Crippen molar-refractivity contribution < 1.29 is 14.6 Å². The molecular weight excluding hydrogens is 280 g/mol. The lowest BCUT2D eigenvalue weighted by molar-refractivity contribution is -0.140. The van der Waals surface area contributed by atoms with Crippen LogP contribution in [0.4, 0.5) is 0 Å². The minimum absolute atomic E-state index is 0.208. The molecule has 3 rings (SSSR count). The Morgan fingerprint density at radius 1 is 1.14 bits per heavy atom. The van der Waals surface area contributed by atoms with Gasteiger partial charge in [-0.1, -0.05) is 30.3 Å². The maximum Gasteiger partial charge on any atom is 0.118 e. The van der Waals surface area contributed by atoms with Crippen LogP contribution in [0.2, 0.25) is 0 Å². The van der Waals surface area contributed by atoms with Gasteiger partial charge in [-0.05, 0) is 5.56 Å². The summed E-state index contributed by atoms with van der Waals surface area (Å²) in [5.74, 6) is 0. The molecule has 2 heterocycles. The summed E-state index contributed by atoms with van der Waals surface area (Å²) >= 11 is 0. The highest BCUT2D eigenvalue weighted by molar-refractivity contribution is 5.26. The zero-order valence-electron chi connectivity index (χ0n) is 13.3. The lowest BCUT2D eigenvalue weighted by Gasteiger charge is -2.50. The van der Waals surface area contributed by atoms with Crippen LogP contribution in [0.5, 0.6) is 0 Å². The van der Waals surface area contributed by atoms with Gasteiger partial charge in [0, 0.05) is 46.4 Å². The van der Waals surface area contributed by atoms with E-state index in [2.05, 4.69) is 21.9 Å². The molecule has 5 nitrogen and oxygen atoms in total. The molecule has 1 aromatic carbocycles. The van der Waals surface area contributed by atoms with Crippen LogP contribution >= 0.6 is 0 Å². The Hall–Kier alpha value is -0.980. The fourth-order valence-electron chi connectivity index (χ4n) is 3.41. The van der Waals surface area contributed by atoms with Crippen molar-refractivity contribution in [2.45, 2.75) is 11.7 Å². The van der Waals surface area contributed by atoms with Crippen molar-refractivity contribution in [3.05, 3.63) is 35.9 Å². The summed E-state index contributed by atoms with van der Waals surface area (Å²) in [5, 5.41) is 10.3. The average Bonchev–Trinajstić information content (AvgIpc) is 2.52. The van der Waals surface area contributed by atoms with Gasteiger partial charge in [0.2, 0.25) is 0 Å². The summed E-state index contributed by atoms with van der Waals surface area (Å²) in [6.45, 7) is 6.50. The minimum atomic E-state index is -0.316. The number of hydrogen-bond donors (Lipinski definition) is 1. The van der Waals surface area contributed by atoms with Gasteiger partial charge in [-0.3, -0.25) is 9.80 Å². The zero-order valence-corrected chi connectivity index (χ0v) is 13.3. The highest BCUT2D eigenvalue weighted by atomic mass is 16.5. The van der Waals surface area contributed by atoms with Crippen LogP contribution in [-0.4, -0.2) is 80.6 Å². The van der Waals surface area contributed by atoms with Crippen LogP contribution in [0.25, 0.3) is 0 Å². The molecule has 0 saturated carbocycles. The van der Waals surface area contributed by atoms with Gasteiger partial charge in [0.25, 0.3) is 0 Å². The zero-order chi connectivity index (χ0) is 15.4. The van der Waals surface area contributed by atoms with Crippen LogP contribution in [0.1, 0.15) is 5.56 Å². The summed E-state index contributed by atoms with van der Waals surface area (Å²) in [7, 11) is 1.77. The molecule has 2 fully saturated rings. The molecule has 5 heteroatoms. The van der Waals surface area contributed by atoms with Gasteiger partial charge in [-0.2, -0.15) is 0 Å². The fourth-order valence-corrected chi connectivity index (χ4v) is 3.41. The molecule has 22 heavy (non-hydrogen) atoms. The first-order valence-corrected chi connectivity index (χ1v) is 8.03. The quantitative estimate of drug-likeness (QED) is 0.831. The SMILES string of the molecule is COC1(c2ccccc2)CN(CC(O)CN2CCOCC2)C1. The number of nitrogens with zero attached hydrogens (tertiary/aromatic N) is 2. The number of methoxy groups -OCH3 is 1. The molecule has 0 radical (unpaired) electrons. The molecule has 122 valence electrons. The second kappa shape index (κ2) is 7.06. The first kappa shape index (κ1) is 15.9. The number of aliphatic hydroxyl groups excluding tert-OH is 1. The topological polar surface area (TPSA) is 45.2 Å². The third-order valence-corrected chi connectivity index (χ3v) is 4.69. The first-order chi connectivity index (χ1) is 10.7. The smallest absolute Gasteiger partial charge is 0.118 e. The van der Waals surface area contributed by atoms with Crippen LogP contribution in [-0.2, 0) is 15.1 Å². The van der Waals surface area contributed by atoms with E-state index >= 15 is 0 Å². The van der Waals surface area contributed by atoms with Crippen LogP contribution in [0.15, 0.2) is 30.3 Å². The Morgan fingerprint density at radius 3 is 2.41 bits per heavy atom. The Morgan fingerprint density at radius 2 is 1.77 bits per heavy atom. The summed E-state index contributed by atoms with van der Waals surface area (Å²) < 4.78 is 11.1. The van der Waals surface area contributed by atoms with E-state index < -0.39 is 0 Å². The lowest BCUT2D eigenvalue weighted by atomic mass is 9.85.